The maximum atomic E-state index is 13.5. The number of amides is 1. The number of hydrogen-bond donors (Lipinski definition) is 0. The lowest BCUT2D eigenvalue weighted by Gasteiger charge is -2.15. The van der Waals surface area contributed by atoms with E-state index in [2.05, 4.69) is 6.92 Å². The van der Waals surface area contributed by atoms with Crippen molar-refractivity contribution in [1.82, 2.24) is 9.55 Å². The summed E-state index contributed by atoms with van der Waals surface area (Å²) in [4.78, 5) is 33.5. The normalized spacial score (nSPS) is 14.4. The third-order valence-electron chi connectivity index (χ3n) is 5.74. The van der Waals surface area contributed by atoms with Gasteiger partial charge in [0, 0.05) is 12.1 Å². The lowest BCUT2D eigenvalue weighted by Crippen LogP contribution is -2.27. The molecular formula is C27H23N3O2. The molecule has 5 nitrogen and oxygen atoms in total. The van der Waals surface area contributed by atoms with E-state index in [9.17, 15) is 9.59 Å². The summed E-state index contributed by atoms with van der Waals surface area (Å²) in [5.74, 6) is 0.377. The van der Waals surface area contributed by atoms with Crippen LogP contribution in [0.2, 0.25) is 0 Å². The molecular weight excluding hydrogens is 398 g/mol. The fraction of sp³-hybridized carbons (Fsp3) is 0.148. The van der Waals surface area contributed by atoms with Gasteiger partial charge in [-0.05, 0) is 55.3 Å². The first-order valence-electron chi connectivity index (χ1n) is 10.8. The summed E-state index contributed by atoms with van der Waals surface area (Å²) in [7, 11) is 0. The van der Waals surface area contributed by atoms with E-state index in [-0.39, 0.29) is 11.5 Å². The van der Waals surface area contributed by atoms with E-state index in [0.29, 0.717) is 28.8 Å². The molecule has 0 aliphatic carbocycles. The number of anilines is 1. The molecule has 0 unspecified atom stereocenters. The van der Waals surface area contributed by atoms with E-state index >= 15 is 0 Å². The van der Waals surface area contributed by atoms with Gasteiger partial charge in [-0.1, -0.05) is 49.4 Å². The molecule has 0 radical (unpaired) electrons. The maximum Gasteiger partial charge on any atom is 0.266 e. The molecule has 1 aromatic heterocycles. The van der Waals surface area contributed by atoms with Gasteiger partial charge in [-0.25, -0.2) is 4.98 Å². The van der Waals surface area contributed by atoms with Crippen molar-refractivity contribution in [3.05, 3.63) is 100 Å². The molecule has 1 amide bonds. The predicted octanol–water partition coefficient (Wildman–Crippen LogP) is 4.99. The molecule has 158 valence electrons. The van der Waals surface area contributed by atoms with E-state index in [0.717, 1.165) is 28.9 Å². The van der Waals surface area contributed by atoms with Gasteiger partial charge in [0.15, 0.2) is 0 Å². The second kappa shape index (κ2) is 7.93. The van der Waals surface area contributed by atoms with Gasteiger partial charge in [-0.3, -0.25) is 14.2 Å². The molecule has 2 heterocycles. The molecule has 0 bridgehead atoms. The maximum absolute atomic E-state index is 13.5. The summed E-state index contributed by atoms with van der Waals surface area (Å²) in [5, 5.41) is 0.543. The molecule has 32 heavy (non-hydrogen) atoms. The second-order valence-electron chi connectivity index (χ2n) is 8.00. The summed E-state index contributed by atoms with van der Waals surface area (Å²) in [6.07, 6.45) is 2.61. The predicted molar refractivity (Wildman–Crippen MR) is 129 cm³/mol. The van der Waals surface area contributed by atoms with E-state index in [1.54, 1.807) is 21.6 Å². The summed E-state index contributed by atoms with van der Waals surface area (Å²) >= 11 is 0. The fourth-order valence-electron chi connectivity index (χ4n) is 4.28. The summed E-state index contributed by atoms with van der Waals surface area (Å²) < 4.78 is 1.60. The van der Waals surface area contributed by atoms with Crippen LogP contribution in [0.1, 0.15) is 30.3 Å². The minimum Gasteiger partial charge on any atom is -0.308 e. The summed E-state index contributed by atoms with van der Waals surface area (Å²) in [6.45, 7) is 4.68. The van der Waals surface area contributed by atoms with Gasteiger partial charge in [0.25, 0.3) is 11.5 Å². The van der Waals surface area contributed by atoms with Crippen molar-refractivity contribution in [2.75, 3.05) is 11.4 Å². The molecule has 3 aromatic carbocycles. The minimum atomic E-state index is -0.155. The number of rotatable bonds is 4. The molecule has 1 aliphatic heterocycles. The monoisotopic (exact) mass is 421 g/mol. The number of fused-ring (bicyclic) bond motifs is 2. The summed E-state index contributed by atoms with van der Waals surface area (Å²) in [5.41, 5.74) is 4.54. The van der Waals surface area contributed by atoms with Crippen LogP contribution >= 0.6 is 0 Å². The Bertz CT molecular complexity index is 1450. The van der Waals surface area contributed by atoms with Gasteiger partial charge in [-0.2, -0.15) is 0 Å². The third-order valence-corrected chi connectivity index (χ3v) is 5.74. The van der Waals surface area contributed by atoms with E-state index in [1.165, 1.54) is 0 Å². The number of carbonyl (C=O) groups is 1. The largest absolute Gasteiger partial charge is 0.308 e. The Kier molecular flexibility index (Phi) is 4.94. The van der Waals surface area contributed by atoms with Crippen molar-refractivity contribution in [2.24, 2.45) is 0 Å². The van der Waals surface area contributed by atoms with E-state index in [4.69, 9.17) is 4.98 Å². The summed E-state index contributed by atoms with van der Waals surface area (Å²) in [6, 6.07) is 22.8. The van der Waals surface area contributed by atoms with Gasteiger partial charge in [0.1, 0.15) is 5.82 Å². The average molecular weight is 422 g/mol. The van der Waals surface area contributed by atoms with E-state index in [1.807, 2.05) is 73.7 Å². The van der Waals surface area contributed by atoms with E-state index < -0.39 is 0 Å². The number of hydrogen-bond acceptors (Lipinski definition) is 3. The van der Waals surface area contributed by atoms with Gasteiger partial charge in [0.2, 0.25) is 0 Å². The fourth-order valence-corrected chi connectivity index (χ4v) is 4.28. The SMILES string of the molecule is CCCN1C(=O)/C(=C\c2nc3ccccc3c(=O)n2-c2cccc(C)c2)c2ccccc21. The highest BCUT2D eigenvalue weighted by atomic mass is 16.2. The van der Waals surface area contributed by atoms with Crippen LogP contribution in [0.4, 0.5) is 5.69 Å². The Balaban J connectivity index is 1.80. The van der Waals surface area contributed by atoms with Gasteiger partial charge in [0.05, 0.1) is 27.9 Å². The van der Waals surface area contributed by atoms with Crippen molar-refractivity contribution in [3.63, 3.8) is 0 Å². The van der Waals surface area contributed by atoms with Crippen LogP contribution in [0, 0.1) is 6.92 Å². The molecule has 0 atom stereocenters. The number of carbonyl (C=O) groups excluding carboxylic acids is 1. The van der Waals surface area contributed by atoms with Crippen LogP contribution in [-0.4, -0.2) is 22.0 Å². The number of nitrogens with zero attached hydrogens (tertiary/aromatic N) is 3. The molecule has 5 heteroatoms. The molecule has 1 aliphatic rings. The highest BCUT2D eigenvalue weighted by Crippen LogP contribution is 2.37. The molecule has 5 rings (SSSR count). The zero-order valence-corrected chi connectivity index (χ0v) is 18.1. The minimum absolute atomic E-state index is 0.0637. The van der Waals surface area contributed by atoms with Gasteiger partial charge < -0.3 is 4.90 Å². The van der Waals surface area contributed by atoms with Crippen LogP contribution < -0.4 is 10.5 Å². The molecule has 0 N–H and O–H groups in total. The van der Waals surface area contributed by atoms with Crippen molar-refractivity contribution < 1.29 is 4.79 Å². The van der Waals surface area contributed by atoms with Crippen LogP contribution in [-0.2, 0) is 4.79 Å². The smallest absolute Gasteiger partial charge is 0.266 e. The highest BCUT2D eigenvalue weighted by Gasteiger charge is 2.31. The van der Waals surface area contributed by atoms with Crippen molar-refractivity contribution in [3.8, 4) is 5.69 Å². The Morgan fingerprint density at radius 2 is 1.72 bits per heavy atom. The highest BCUT2D eigenvalue weighted by molar-refractivity contribution is 6.35. The molecule has 0 fully saturated rings. The van der Waals surface area contributed by atoms with Crippen LogP contribution in [0.5, 0.6) is 0 Å². The first-order chi connectivity index (χ1) is 15.6. The number of benzene rings is 3. The first-order valence-corrected chi connectivity index (χ1v) is 10.8. The van der Waals surface area contributed by atoms with Crippen molar-refractivity contribution in [1.29, 1.82) is 0 Å². The van der Waals surface area contributed by atoms with Crippen LogP contribution in [0.15, 0.2) is 77.6 Å². The number of para-hydroxylation sites is 2. The lowest BCUT2D eigenvalue weighted by atomic mass is 10.1. The second-order valence-corrected chi connectivity index (χ2v) is 8.00. The van der Waals surface area contributed by atoms with Gasteiger partial charge >= 0.3 is 0 Å². The van der Waals surface area contributed by atoms with Crippen LogP contribution in [0.25, 0.3) is 28.2 Å². The molecule has 0 spiro atoms. The third kappa shape index (κ3) is 3.23. The zero-order valence-electron chi connectivity index (χ0n) is 18.1. The standard InChI is InChI=1S/C27H23N3O2/c1-3-15-29-24-14-7-5-11-20(24)22(26(29)31)17-25-28-23-13-6-4-12-21(23)27(32)30(25)19-10-8-9-18(2)16-19/h4-14,16-17H,3,15H2,1-2H3/b22-17-. The molecule has 4 aromatic rings. The Morgan fingerprint density at radius 3 is 2.53 bits per heavy atom. The van der Waals surface area contributed by atoms with Crippen LogP contribution in [0.3, 0.4) is 0 Å². The topological polar surface area (TPSA) is 55.2 Å². The Labute approximate surface area is 186 Å². The lowest BCUT2D eigenvalue weighted by molar-refractivity contribution is -0.113. The molecule has 0 saturated carbocycles. The zero-order chi connectivity index (χ0) is 22.2. The van der Waals surface area contributed by atoms with Crippen molar-refractivity contribution in [2.45, 2.75) is 20.3 Å². The van der Waals surface area contributed by atoms with Gasteiger partial charge in [-0.15, -0.1) is 0 Å². The quantitative estimate of drug-likeness (QED) is 0.436. The number of aromatic nitrogens is 2. The molecule has 0 saturated heterocycles. The van der Waals surface area contributed by atoms with Crippen molar-refractivity contribution >= 4 is 34.1 Å². The Morgan fingerprint density at radius 1 is 0.938 bits per heavy atom. The number of aryl methyl sites for hydroxylation is 1. The first kappa shape index (κ1) is 19.9. The Hall–Kier alpha value is -3.99. The average Bonchev–Trinajstić information content (AvgIpc) is 3.06.